The van der Waals surface area contributed by atoms with Gasteiger partial charge in [0, 0.05) is 6.42 Å². The van der Waals surface area contributed by atoms with Crippen molar-refractivity contribution in [2.24, 2.45) is 0 Å². The number of aliphatic hydroxyl groups is 1. The molecule has 0 radical (unpaired) electrons. The van der Waals surface area contributed by atoms with Crippen molar-refractivity contribution in [2.45, 2.75) is 103 Å². The molecule has 0 saturated carbocycles. The Hall–Kier alpha value is -0.570. The predicted octanol–water partition coefficient (Wildman–Crippen LogP) is 5.00. The fraction of sp³-hybridized carbons (Fsp3) is 0.944. The summed E-state index contributed by atoms with van der Waals surface area (Å²) in [5, 5.41) is 9.84. The van der Waals surface area contributed by atoms with Gasteiger partial charge in [0.15, 0.2) is 0 Å². The number of rotatable bonds is 15. The number of hydrogen-bond acceptors (Lipinski definition) is 3. The van der Waals surface area contributed by atoms with E-state index in [-0.39, 0.29) is 12.1 Å². The van der Waals surface area contributed by atoms with Crippen molar-refractivity contribution >= 4 is 5.97 Å². The fourth-order valence-electron chi connectivity index (χ4n) is 2.55. The second-order valence-electron chi connectivity index (χ2n) is 5.97. The van der Waals surface area contributed by atoms with Crippen molar-refractivity contribution in [3.8, 4) is 0 Å². The standard InChI is InChI=1S/C18H36O3/c1-3-5-6-7-8-9-10-11-12-14-17(19)15-13-16-18(20)21-4-2/h17,19H,3-16H2,1-2H3. The molecule has 1 N–H and O–H groups in total. The number of hydrogen-bond donors (Lipinski definition) is 1. The second kappa shape index (κ2) is 15.8. The molecule has 0 saturated heterocycles. The van der Waals surface area contributed by atoms with E-state index in [9.17, 15) is 9.90 Å². The van der Waals surface area contributed by atoms with Gasteiger partial charge in [-0.05, 0) is 26.2 Å². The highest BCUT2D eigenvalue weighted by Gasteiger charge is 2.06. The average molecular weight is 300 g/mol. The van der Waals surface area contributed by atoms with E-state index in [1.165, 1.54) is 51.4 Å². The summed E-state index contributed by atoms with van der Waals surface area (Å²) in [5.41, 5.74) is 0. The molecule has 0 aliphatic carbocycles. The Morgan fingerprint density at radius 3 is 1.95 bits per heavy atom. The van der Waals surface area contributed by atoms with E-state index in [0.29, 0.717) is 13.0 Å². The molecule has 0 aliphatic heterocycles. The first-order valence-electron chi connectivity index (χ1n) is 9.04. The Balaban J connectivity index is 3.22. The Bertz CT molecular complexity index is 229. The van der Waals surface area contributed by atoms with Crippen LogP contribution in [0.25, 0.3) is 0 Å². The van der Waals surface area contributed by atoms with Gasteiger partial charge in [-0.15, -0.1) is 0 Å². The molecular formula is C18H36O3. The number of esters is 1. The molecular weight excluding hydrogens is 264 g/mol. The maximum atomic E-state index is 11.1. The monoisotopic (exact) mass is 300 g/mol. The highest BCUT2D eigenvalue weighted by Crippen LogP contribution is 2.13. The lowest BCUT2D eigenvalue weighted by molar-refractivity contribution is -0.143. The molecule has 0 fully saturated rings. The minimum atomic E-state index is -0.246. The van der Waals surface area contributed by atoms with Gasteiger partial charge in [0.2, 0.25) is 0 Å². The Morgan fingerprint density at radius 2 is 1.38 bits per heavy atom. The van der Waals surface area contributed by atoms with Crippen molar-refractivity contribution in [3.63, 3.8) is 0 Å². The van der Waals surface area contributed by atoms with Gasteiger partial charge in [0.25, 0.3) is 0 Å². The van der Waals surface area contributed by atoms with Crippen LogP contribution in [-0.2, 0) is 9.53 Å². The van der Waals surface area contributed by atoms with Crippen molar-refractivity contribution in [2.75, 3.05) is 6.61 Å². The Labute approximate surface area is 131 Å². The Morgan fingerprint density at radius 1 is 0.857 bits per heavy atom. The van der Waals surface area contributed by atoms with Gasteiger partial charge in [-0.1, -0.05) is 64.7 Å². The first kappa shape index (κ1) is 20.4. The molecule has 0 aromatic heterocycles. The van der Waals surface area contributed by atoms with E-state index in [1.54, 1.807) is 0 Å². The molecule has 0 bridgehead atoms. The van der Waals surface area contributed by atoms with Crippen LogP contribution < -0.4 is 0 Å². The molecule has 1 unspecified atom stereocenters. The SMILES string of the molecule is CCCCCCCCCCCC(O)CCCC(=O)OCC. The summed E-state index contributed by atoms with van der Waals surface area (Å²) in [7, 11) is 0. The van der Waals surface area contributed by atoms with Gasteiger partial charge in [0.05, 0.1) is 12.7 Å². The molecule has 21 heavy (non-hydrogen) atoms. The zero-order chi connectivity index (χ0) is 15.8. The highest BCUT2D eigenvalue weighted by atomic mass is 16.5. The van der Waals surface area contributed by atoms with Gasteiger partial charge in [-0.3, -0.25) is 4.79 Å². The molecule has 3 heteroatoms. The first-order valence-corrected chi connectivity index (χ1v) is 9.04. The van der Waals surface area contributed by atoms with Gasteiger partial charge < -0.3 is 9.84 Å². The zero-order valence-corrected chi connectivity index (χ0v) is 14.2. The minimum Gasteiger partial charge on any atom is -0.466 e. The zero-order valence-electron chi connectivity index (χ0n) is 14.2. The van der Waals surface area contributed by atoms with Crippen molar-refractivity contribution in [3.05, 3.63) is 0 Å². The van der Waals surface area contributed by atoms with E-state index in [2.05, 4.69) is 6.92 Å². The van der Waals surface area contributed by atoms with E-state index in [4.69, 9.17) is 4.74 Å². The van der Waals surface area contributed by atoms with Crippen LogP contribution in [0.5, 0.6) is 0 Å². The maximum absolute atomic E-state index is 11.1. The normalized spacial score (nSPS) is 12.3. The summed E-state index contributed by atoms with van der Waals surface area (Å²) in [4.78, 5) is 11.1. The largest absolute Gasteiger partial charge is 0.466 e. The molecule has 0 aliphatic rings. The van der Waals surface area contributed by atoms with Gasteiger partial charge in [0.1, 0.15) is 0 Å². The molecule has 1 atom stereocenters. The fourth-order valence-corrected chi connectivity index (χ4v) is 2.55. The van der Waals surface area contributed by atoms with Crippen LogP contribution in [0.15, 0.2) is 0 Å². The molecule has 3 nitrogen and oxygen atoms in total. The van der Waals surface area contributed by atoms with Crippen LogP contribution in [0.3, 0.4) is 0 Å². The smallest absolute Gasteiger partial charge is 0.305 e. The van der Waals surface area contributed by atoms with Gasteiger partial charge >= 0.3 is 5.97 Å². The molecule has 0 heterocycles. The lowest BCUT2D eigenvalue weighted by atomic mass is 10.0. The van der Waals surface area contributed by atoms with E-state index < -0.39 is 0 Å². The van der Waals surface area contributed by atoms with E-state index in [0.717, 1.165) is 25.7 Å². The predicted molar refractivity (Wildman–Crippen MR) is 88.3 cm³/mol. The number of unbranched alkanes of at least 4 members (excludes halogenated alkanes) is 8. The third kappa shape index (κ3) is 15.6. The summed E-state index contributed by atoms with van der Waals surface area (Å²) in [6.45, 7) is 4.51. The van der Waals surface area contributed by atoms with Crippen LogP contribution >= 0.6 is 0 Å². The van der Waals surface area contributed by atoms with Gasteiger partial charge in [-0.25, -0.2) is 0 Å². The molecule has 0 spiro atoms. The number of aliphatic hydroxyl groups excluding tert-OH is 1. The number of carbonyl (C=O) groups excluding carboxylic acids is 1. The van der Waals surface area contributed by atoms with Crippen LogP contribution in [0.4, 0.5) is 0 Å². The minimum absolute atomic E-state index is 0.146. The third-order valence-corrected chi connectivity index (χ3v) is 3.86. The van der Waals surface area contributed by atoms with E-state index >= 15 is 0 Å². The van der Waals surface area contributed by atoms with Crippen molar-refractivity contribution < 1.29 is 14.6 Å². The number of carbonyl (C=O) groups is 1. The molecule has 0 amide bonds. The summed E-state index contributed by atoms with van der Waals surface area (Å²) in [5.74, 6) is -0.146. The van der Waals surface area contributed by atoms with Crippen LogP contribution in [0.2, 0.25) is 0 Å². The molecule has 0 aromatic carbocycles. The lowest BCUT2D eigenvalue weighted by Gasteiger charge is -2.10. The summed E-state index contributed by atoms with van der Waals surface area (Å²) in [6.07, 6.45) is 14.3. The first-order chi connectivity index (χ1) is 10.2. The molecule has 0 rings (SSSR count). The average Bonchev–Trinajstić information content (AvgIpc) is 2.46. The summed E-state index contributed by atoms with van der Waals surface area (Å²) in [6, 6.07) is 0. The topological polar surface area (TPSA) is 46.5 Å². The quantitative estimate of drug-likeness (QED) is 0.342. The summed E-state index contributed by atoms with van der Waals surface area (Å²) >= 11 is 0. The van der Waals surface area contributed by atoms with Crippen molar-refractivity contribution in [1.82, 2.24) is 0 Å². The van der Waals surface area contributed by atoms with E-state index in [1.807, 2.05) is 6.92 Å². The van der Waals surface area contributed by atoms with Crippen LogP contribution in [0.1, 0.15) is 97.3 Å². The third-order valence-electron chi connectivity index (χ3n) is 3.86. The van der Waals surface area contributed by atoms with Gasteiger partial charge in [-0.2, -0.15) is 0 Å². The molecule has 126 valence electrons. The van der Waals surface area contributed by atoms with Crippen LogP contribution in [-0.4, -0.2) is 23.8 Å². The summed E-state index contributed by atoms with van der Waals surface area (Å²) < 4.78 is 4.86. The van der Waals surface area contributed by atoms with Crippen molar-refractivity contribution in [1.29, 1.82) is 0 Å². The Kier molecular flexibility index (Phi) is 15.4. The lowest BCUT2D eigenvalue weighted by Crippen LogP contribution is -2.09. The van der Waals surface area contributed by atoms with Crippen LogP contribution in [0, 0.1) is 0 Å². The number of ether oxygens (including phenoxy) is 1. The second-order valence-corrected chi connectivity index (χ2v) is 5.97. The maximum Gasteiger partial charge on any atom is 0.305 e. The highest BCUT2D eigenvalue weighted by molar-refractivity contribution is 5.69. The molecule has 0 aromatic rings.